The van der Waals surface area contributed by atoms with Gasteiger partial charge in [-0.25, -0.2) is 4.31 Å². The van der Waals surface area contributed by atoms with E-state index in [-0.39, 0.29) is 18.4 Å². The third-order valence-electron chi connectivity index (χ3n) is 4.98. The summed E-state index contributed by atoms with van der Waals surface area (Å²) in [5, 5.41) is 28.4. The maximum Gasteiger partial charge on any atom is 0.188 e. The van der Waals surface area contributed by atoms with Crippen molar-refractivity contribution in [3.8, 4) is 5.75 Å². The van der Waals surface area contributed by atoms with Crippen LogP contribution in [0.4, 0.5) is 17.3 Å². The maximum absolute atomic E-state index is 10.7. The van der Waals surface area contributed by atoms with Crippen molar-refractivity contribution in [2.45, 2.75) is 49.4 Å². The fraction of sp³-hybridized carbons (Fsp3) is 0.474. The second kappa shape index (κ2) is 9.56. The van der Waals surface area contributed by atoms with Gasteiger partial charge < -0.3 is 25.3 Å². The lowest BCUT2D eigenvalue weighted by Gasteiger charge is -2.20. The first-order chi connectivity index (χ1) is 14.5. The van der Waals surface area contributed by atoms with Gasteiger partial charge in [-0.3, -0.25) is 0 Å². The molecule has 30 heavy (non-hydrogen) atoms. The summed E-state index contributed by atoms with van der Waals surface area (Å²) in [5.74, 6) is 2.62. The van der Waals surface area contributed by atoms with Crippen LogP contribution >= 0.6 is 35.0 Å². The Morgan fingerprint density at radius 3 is 2.97 bits per heavy atom. The number of aliphatic hydroxyl groups excluding tert-OH is 1. The molecule has 1 saturated heterocycles. The number of rotatable bonds is 9. The first kappa shape index (κ1) is 21.4. The molecule has 1 fully saturated rings. The van der Waals surface area contributed by atoms with Gasteiger partial charge in [0, 0.05) is 18.0 Å². The molecule has 3 aromatic heterocycles. The number of hydrogen-bond acceptors (Lipinski definition) is 11. The first-order valence-electron chi connectivity index (χ1n) is 9.81. The van der Waals surface area contributed by atoms with E-state index in [1.807, 2.05) is 11.4 Å². The average Bonchev–Trinajstić information content (AvgIpc) is 3.51. The van der Waals surface area contributed by atoms with Gasteiger partial charge >= 0.3 is 0 Å². The lowest BCUT2D eigenvalue weighted by Crippen LogP contribution is -2.25. The fourth-order valence-electron chi connectivity index (χ4n) is 3.18. The Hall–Kier alpha value is -1.79. The summed E-state index contributed by atoms with van der Waals surface area (Å²) in [6.07, 6.45) is 3.82. The Morgan fingerprint density at radius 2 is 2.20 bits per heavy atom. The van der Waals surface area contributed by atoms with Crippen LogP contribution < -0.4 is 10.6 Å². The molecule has 11 heteroatoms. The molecule has 4 rings (SSSR count). The van der Waals surface area contributed by atoms with E-state index in [1.54, 1.807) is 6.26 Å². The Morgan fingerprint density at radius 1 is 1.37 bits per heavy atom. The molecule has 3 aromatic rings. The van der Waals surface area contributed by atoms with Gasteiger partial charge in [0.2, 0.25) is 0 Å². The fourth-order valence-corrected chi connectivity index (χ4v) is 5.84. The number of nitrogens with one attached hydrogen (secondary N) is 2. The van der Waals surface area contributed by atoms with Crippen LogP contribution in [0.15, 0.2) is 26.3 Å². The molecule has 1 unspecified atom stereocenters. The van der Waals surface area contributed by atoms with Crippen molar-refractivity contribution >= 4 is 52.3 Å². The maximum atomic E-state index is 10.7. The van der Waals surface area contributed by atoms with Gasteiger partial charge in [0.05, 0.1) is 36.8 Å². The molecule has 0 aromatic carbocycles. The molecule has 0 saturated carbocycles. The second-order valence-electron chi connectivity index (χ2n) is 7.44. The van der Waals surface area contributed by atoms with E-state index in [1.165, 1.54) is 23.3 Å². The number of aromatic hydroxyl groups is 1. The van der Waals surface area contributed by atoms with E-state index in [0.29, 0.717) is 29.8 Å². The highest BCUT2D eigenvalue weighted by Gasteiger charge is 2.27. The summed E-state index contributed by atoms with van der Waals surface area (Å²) in [4.78, 5) is 0. The zero-order chi connectivity index (χ0) is 21.1. The van der Waals surface area contributed by atoms with E-state index in [9.17, 15) is 10.2 Å². The Balaban J connectivity index is 1.39. The molecule has 8 nitrogen and oxygen atoms in total. The number of furan rings is 1. The van der Waals surface area contributed by atoms with Gasteiger partial charge in [0.15, 0.2) is 17.4 Å². The van der Waals surface area contributed by atoms with Gasteiger partial charge in [0.1, 0.15) is 9.97 Å². The van der Waals surface area contributed by atoms with Crippen LogP contribution in [0.25, 0.3) is 0 Å². The zero-order valence-electron chi connectivity index (χ0n) is 16.8. The van der Waals surface area contributed by atoms with Crippen molar-refractivity contribution in [1.29, 1.82) is 0 Å². The normalized spacial score (nSPS) is 17.1. The number of anilines is 3. The number of hydrogen-bond donors (Lipinski definition) is 4. The molecule has 0 amide bonds. The second-order valence-corrected chi connectivity index (χ2v) is 10.2. The summed E-state index contributed by atoms with van der Waals surface area (Å²) in [5.41, 5.74) is 1.76. The van der Waals surface area contributed by atoms with Gasteiger partial charge in [0.25, 0.3) is 0 Å². The molecule has 0 aliphatic carbocycles. The van der Waals surface area contributed by atoms with E-state index >= 15 is 0 Å². The number of thiophene rings is 1. The topological polar surface area (TPSA) is 107 Å². The predicted octanol–water partition coefficient (Wildman–Crippen LogP) is 4.84. The van der Waals surface area contributed by atoms with Crippen molar-refractivity contribution in [3.63, 3.8) is 0 Å². The van der Waals surface area contributed by atoms with Crippen LogP contribution in [0.2, 0.25) is 0 Å². The van der Waals surface area contributed by atoms with Crippen molar-refractivity contribution < 1.29 is 14.6 Å². The number of aromatic nitrogens is 2. The SMILES string of the molecule is CC(C)c1coc(CNc2nsnc2Nc2csc(SN3CCCC3CO)c2O)c1. The van der Waals surface area contributed by atoms with E-state index in [0.717, 1.165) is 46.6 Å². The molecule has 0 bridgehead atoms. The molecule has 0 radical (unpaired) electrons. The zero-order valence-corrected chi connectivity index (χ0v) is 19.2. The summed E-state index contributed by atoms with van der Waals surface area (Å²) < 4.78 is 17.1. The van der Waals surface area contributed by atoms with Crippen LogP contribution in [0.3, 0.4) is 0 Å². The van der Waals surface area contributed by atoms with Crippen molar-refractivity contribution in [3.05, 3.63) is 29.0 Å². The molecule has 1 aliphatic heterocycles. The van der Waals surface area contributed by atoms with Crippen LogP contribution in [0.1, 0.15) is 43.9 Å². The summed E-state index contributed by atoms with van der Waals surface area (Å²) in [6.45, 7) is 5.80. The van der Waals surface area contributed by atoms with E-state index in [2.05, 4.69) is 37.5 Å². The van der Waals surface area contributed by atoms with Crippen molar-refractivity contribution in [2.24, 2.45) is 0 Å². The highest BCUT2D eigenvalue weighted by molar-refractivity contribution is 7.99. The highest BCUT2D eigenvalue weighted by Crippen LogP contribution is 2.45. The monoisotopic (exact) mass is 467 g/mol. The molecule has 1 aliphatic rings. The lowest BCUT2D eigenvalue weighted by atomic mass is 10.1. The van der Waals surface area contributed by atoms with E-state index in [4.69, 9.17) is 4.42 Å². The third-order valence-corrected chi connectivity index (χ3v) is 7.85. The molecular weight excluding hydrogens is 442 g/mol. The number of aliphatic hydroxyl groups is 1. The molecule has 4 heterocycles. The van der Waals surface area contributed by atoms with Crippen molar-refractivity contribution in [1.82, 2.24) is 13.1 Å². The minimum atomic E-state index is 0.137. The highest BCUT2D eigenvalue weighted by atomic mass is 32.2. The largest absolute Gasteiger partial charge is 0.504 e. The number of nitrogens with zero attached hydrogens (tertiary/aromatic N) is 3. The Kier molecular flexibility index (Phi) is 6.84. The van der Waals surface area contributed by atoms with Gasteiger partial charge in [-0.1, -0.05) is 13.8 Å². The smallest absolute Gasteiger partial charge is 0.188 e. The molecule has 1 atom stereocenters. The summed E-state index contributed by atoms with van der Waals surface area (Å²) >= 11 is 4.06. The van der Waals surface area contributed by atoms with Crippen molar-refractivity contribution in [2.75, 3.05) is 23.8 Å². The standard InChI is InChI=1S/C19H25N5O3S3/c1-11(2)12-6-14(27-9-12)7-20-17-18(23-30-22-17)21-15-10-28-19(16(15)26)29-24-5-3-4-13(24)8-25/h6,9-11,13,25-26H,3-5,7-8H2,1-2H3,(H,20,22)(H,21,23). The predicted molar refractivity (Wildman–Crippen MR) is 122 cm³/mol. The minimum Gasteiger partial charge on any atom is -0.504 e. The first-order valence-corrected chi connectivity index (χ1v) is 12.2. The van der Waals surface area contributed by atoms with E-state index < -0.39 is 0 Å². The van der Waals surface area contributed by atoms with Crippen LogP contribution in [-0.4, -0.2) is 42.5 Å². The lowest BCUT2D eigenvalue weighted by molar-refractivity contribution is 0.221. The van der Waals surface area contributed by atoms with Crippen LogP contribution in [-0.2, 0) is 6.54 Å². The van der Waals surface area contributed by atoms with Gasteiger partial charge in [-0.15, -0.1) is 11.3 Å². The molecule has 4 N–H and O–H groups in total. The average molecular weight is 468 g/mol. The molecule has 162 valence electrons. The van der Waals surface area contributed by atoms with Crippen LogP contribution in [0, 0.1) is 0 Å². The Bertz CT molecular complexity index is 970. The Labute approximate surface area is 187 Å². The molecule has 0 spiro atoms. The minimum absolute atomic E-state index is 0.137. The quantitative estimate of drug-likeness (QED) is 0.329. The van der Waals surface area contributed by atoms with Gasteiger partial charge in [-0.05, 0) is 42.3 Å². The summed E-state index contributed by atoms with van der Waals surface area (Å²) in [7, 11) is 0. The van der Waals surface area contributed by atoms with Crippen LogP contribution in [0.5, 0.6) is 5.75 Å². The molecular formula is C19H25N5O3S3. The third kappa shape index (κ3) is 4.75. The van der Waals surface area contributed by atoms with Gasteiger partial charge in [-0.2, -0.15) is 8.75 Å². The summed E-state index contributed by atoms with van der Waals surface area (Å²) in [6, 6.07) is 2.18.